The van der Waals surface area contributed by atoms with E-state index in [1.165, 1.54) is 66.3 Å². The molecule has 0 fully saturated rings. The molecule has 0 amide bonds. The van der Waals surface area contributed by atoms with Crippen molar-refractivity contribution in [3.63, 3.8) is 0 Å². The molecule has 1 heterocycles. The van der Waals surface area contributed by atoms with Crippen LogP contribution in [0.3, 0.4) is 0 Å². The quantitative estimate of drug-likeness (QED) is 0.202. The first-order valence-corrected chi connectivity index (χ1v) is 11.5. The summed E-state index contributed by atoms with van der Waals surface area (Å²) in [6, 6.07) is 33.2. The van der Waals surface area contributed by atoms with Gasteiger partial charge in [-0.2, -0.15) is 4.57 Å². The molecule has 160 valence electrons. The topological polar surface area (TPSA) is 8.81 Å². The summed E-state index contributed by atoms with van der Waals surface area (Å²) >= 11 is 0. The van der Waals surface area contributed by atoms with Gasteiger partial charge in [0.2, 0.25) is 0 Å². The highest BCUT2D eigenvalue weighted by Gasteiger charge is 2.29. The second-order valence-electron chi connectivity index (χ2n) is 9.12. The van der Waals surface area contributed by atoms with Crippen molar-refractivity contribution in [1.82, 2.24) is 4.57 Å². The lowest BCUT2D eigenvalue weighted by atomic mass is 9.96. The van der Waals surface area contributed by atoms with Crippen LogP contribution in [0, 0.1) is 20.8 Å². The van der Waals surface area contributed by atoms with E-state index in [4.69, 9.17) is 0 Å². The lowest BCUT2D eigenvalue weighted by molar-refractivity contribution is -0.633. The molecule has 0 aliphatic rings. The molecule has 33 heavy (non-hydrogen) atoms. The number of imidazole rings is 1. The van der Waals surface area contributed by atoms with Crippen molar-refractivity contribution >= 4 is 32.6 Å². The number of benzene rings is 5. The number of para-hydroxylation sites is 3. The van der Waals surface area contributed by atoms with E-state index >= 15 is 0 Å². The number of hydrogen-bond donors (Lipinski definition) is 0. The molecule has 0 saturated heterocycles. The van der Waals surface area contributed by atoms with Crippen molar-refractivity contribution in [2.45, 2.75) is 20.8 Å². The highest BCUT2D eigenvalue weighted by molar-refractivity contribution is 6.09. The summed E-state index contributed by atoms with van der Waals surface area (Å²) < 4.78 is 4.81. The van der Waals surface area contributed by atoms with Gasteiger partial charge >= 0.3 is 0 Å². The van der Waals surface area contributed by atoms with Crippen molar-refractivity contribution in [3.05, 3.63) is 108 Å². The summed E-state index contributed by atoms with van der Waals surface area (Å²) in [6.07, 6.45) is 0. The summed E-state index contributed by atoms with van der Waals surface area (Å²) in [5.74, 6) is 1.21. The average Bonchev–Trinajstić information content (AvgIpc) is 3.11. The smallest absolute Gasteiger partial charge is 0.225 e. The summed E-state index contributed by atoms with van der Waals surface area (Å²) in [6.45, 7) is 6.65. The van der Waals surface area contributed by atoms with Gasteiger partial charge in [0.25, 0.3) is 5.82 Å². The van der Waals surface area contributed by atoms with Crippen LogP contribution < -0.4 is 4.57 Å². The van der Waals surface area contributed by atoms with E-state index in [0.717, 1.165) is 0 Å². The van der Waals surface area contributed by atoms with Crippen LogP contribution in [-0.4, -0.2) is 4.57 Å². The maximum absolute atomic E-state index is 2.46. The highest BCUT2D eigenvalue weighted by atomic mass is 15.2. The van der Waals surface area contributed by atoms with Crippen molar-refractivity contribution in [2.75, 3.05) is 0 Å². The molecule has 0 bridgehead atoms. The van der Waals surface area contributed by atoms with Crippen molar-refractivity contribution in [3.8, 4) is 17.1 Å². The van der Waals surface area contributed by atoms with Gasteiger partial charge in [-0.25, -0.2) is 4.57 Å². The number of rotatable bonds is 2. The minimum Gasteiger partial charge on any atom is -0.225 e. The van der Waals surface area contributed by atoms with E-state index in [1.54, 1.807) is 0 Å². The Morgan fingerprint density at radius 1 is 0.606 bits per heavy atom. The van der Waals surface area contributed by atoms with Gasteiger partial charge in [-0.15, -0.1) is 0 Å². The van der Waals surface area contributed by atoms with Gasteiger partial charge in [-0.05, 0) is 77.2 Å². The molecule has 2 nitrogen and oxygen atoms in total. The van der Waals surface area contributed by atoms with E-state index in [-0.39, 0.29) is 0 Å². The Bertz CT molecular complexity index is 1680. The first-order chi connectivity index (χ1) is 16.0. The summed E-state index contributed by atoms with van der Waals surface area (Å²) in [5, 5.41) is 5.16. The SMILES string of the molecule is Cc1cc2ccc3ccccc3c2cc1-c1n(-c2c(C)cccc2C)c2ccccc2[n+]1C. The summed E-state index contributed by atoms with van der Waals surface area (Å²) in [4.78, 5) is 0. The van der Waals surface area contributed by atoms with Crippen LogP contribution in [0.4, 0.5) is 0 Å². The van der Waals surface area contributed by atoms with E-state index < -0.39 is 0 Å². The third kappa shape index (κ3) is 2.91. The fourth-order valence-corrected chi connectivity index (χ4v) is 5.41. The Balaban J connectivity index is 1.78. The van der Waals surface area contributed by atoms with Crippen LogP contribution in [0.25, 0.3) is 49.7 Å². The molecule has 6 aromatic rings. The second-order valence-corrected chi connectivity index (χ2v) is 9.12. The molecule has 2 heteroatoms. The molecule has 0 spiro atoms. The second kappa shape index (κ2) is 7.31. The fourth-order valence-electron chi connectivity index (χ4n) is 5.41. The largest absolute Gasteiger partial charge is 0.295 e. The Kier molecular flexibility index (Phi) is 4.38. The van der Waals surface area contributed by atoms with E-state index in [2.05, 4.69) is 128 Å². The lowest BCUT2D eigenvalue weighted by Crippen LogP contribution is -2.30. The Hall–Kier alpha value is -3.91. The van der Waals surface area contributed by atoms with Gasteiger partial charge in [0.15, 0.2) is 11.0 Å². The molecule has 1 aromatic heterocycles. The van der Waals surface area contributed by atoms with Gasteiger partial charge < -0.3 is 0 Å². The summed E-state index contributed by atoms with van der Waals surface area (Å²) in [5.41, 5.74) is 8.82. The zero-order valence-electron chi connectivity index (χ0n) is 19.6. The molecule has 0 N–H and O–H groups in total. The third-order valence-corrected chi connectivity index (χ3v) is 7.01. The van der Waals surface area contributed by atoms with Gasteiger partial charge in [0.1, 0.15) is 5.69 Å². The molecule has 0 saturated carbocycles. The molecular formula is C31H27N2+. The molecule has 5 aromatic carbocycles. The predicted molar refractivity (Wildman–Crippen MR) is 139 cm³/mol. The molecule has 0 unspecified atom stereocenters. The Labute approximate surface area is 194 Å². The predicted octanol–water partition coefficient (Wildman–Crippen LogP) is 7.35. The van der Waals surface area contributed by atoms with Crippen molar-refractivity contribution in [1.29, 1.82) is 0 Å². The molecule has 0 radical (unpaired) electrons. The number of aromatic nitrogens is 2. The van der Waals surface area contributed by atoms with Crippen molar-refractivity contribution < 1.29 is 4.57 Å². The first kappa shape index (κ1) is 19.8. The number of aryl methyl sites for hydroxylation is 4. The van der Waals surface area contributed by atoms with Crippen LogP contribution in [0.2, 0.25) is 0 Å². The standard InChI is InChI=1S/C31H27N2/c1-20-10-9-11-21(2)30(20)33-29-15-8-7-14-28(29)32(4)31(33)26-19-27-24(18-22(26)3)17-16-23-12-5-6-13-25(23)27/h5-19H,1-4H3/q+1. The molecule has 0 atom stereocenters. The normalized spacial score (nSPS) is 11.6. The van der Waals surface area contributed by atoms with E-state index in [0.29, 0.717) is 0 Å². The third-order valence-electron chi connectivity index (χ3n) is 7.01. The van der Waals surface area contributed by atoms with Crippen molar-refractivity contribution in [2.24, 2.45) is 7.05 Å². The van der Waals surface area contributed by atoms with Gasteiger partial charge in [0.05, 0.1) is 12.6 Å². The monoisotopic (exact) mass is 427 g/mol. The first-order valence-electron chi connectivity index (χ1n) is 11.5. The van der Waals surface area contributed by atoms with Crippen LogP contribution in [0.5, 0.6) is 0 Å². The van der Waals surface area contributed by atoms with Crippen LogP contribution in [0.1, 0.15) is 16.7 Å². The number of fused-ring (bicyclic) bond motifs is 4. The van der Waals surface area contributed by atoms with Gasteiger partial charge in [-0.1, -0.05) is 72.8 Å². The van der Waals surface area contributed by atoms with E-state index in [1.807, 2.05) is 0 Å². The fraction of sp³-hybridized carbons (Fsp3) is 0.129. The minimum absolute atomic E-state index is 1.21. The van der Waals surface area contributed by atoms with E-state index in [9.17, 15) is 0 Å². The Morgan fingerprint density at radius 2 is 1.30 bits per heavy atom. The maximum Gasteiger partial charge on any atom is 0.295 e. The summed E-state index contributed by atoms with van der Waals surface area (Å²) in [7, 11) is 2.19. The van der Waals surface area contributed by atoms with Gasteiger partial charge in [-0.3, -0.25) is 0 Å². The minimum atomic E-state index is 1.21. The molecular weight excluding hydrogens is 400 g/mol. The molecule has 6 rings (SSSR count). The highest BCUT2D eigenvalue weighted by Crippen LogP contribution is 2.35. The van der Waals surface area contributed by atoms with Crippen LogP contribution in [0.15, 0.2) is 91.0 Å². The lowest BCUT2D eigenvalue weighted by Gasteiger charge is -2.12. The maximum atomic E-state index is 2.46. The van der Waals surface area contributed by atoms with Crippen LogP contribution in [-0.2, 0) is 7.05 Å². The Morgan fingerprint density at radius 3 is 2.12 bits per heavy atom. The molecule has 0 aliphatic heterocycles. The zero-order valence-corrected chi connectivity index (χ0v) is 19.6. The van der Waals surface area contributed by atoms with Gasteiger partial charge in [0, 0.05) is 0 Å². The van der Waals surface area contributed by atoms with Crippen LogP contribution >= 0.6 is 0 Å². The molecule has 0 aliphatic carbocycles. The number of nitrogens with zero attached hydrogens (tertiary/aromatic N) is 2. The number of hydrogen-bond acceptors (Lipinski definition) is 0. The average molecular weight is 428 g/mol. The zero-order chi connectivity index (χ0) is 22.7.